The zero-order chi connectivity index (χ0) is 57.2. The predicted molar refractivity (Wildman–Crippen MR) is 357 cm³/mol. The average Bonchev–Trinajstić information content (AvgIpc) is 1.90. The van der Waals surface area contributed by atoms with Crippen LogP contribution >= 0.6 is 0 Å². The Labute approximate surface area is 522 Å². The van der Waals surface area contributed by atoms with Gasteiger partial charge in [-0.25, -0.2) is 4.98 Å². The molecular weight excluding hydrogens is 1240 g/mol. The van der Waals surface area contributed by atoms with Crippen LogP contribution in [0.2, 0.25) is 0 Å². The van der Waals surface area contributed by atoms with E-state index >= 15 is 0 Å². The molecule has 0 bridgehead atoms. The number of rotatable bonds is 11. The molecule has 0 amide bonds. The minimum Gasteiger partial charge on any atom is -0.509 e. The number of benzene rings is 12. The molecule has 87 heavy (non-hydrogen) atoms. The maximum atomic E-state index is 6.98. The van der Waals surface area contributed by atoms with Crippen LogP contribution in [0, 0.1) is 32.6 Å². The van der Waals surface area contributed by atoms with Crippen LogP contribution in [0.4, 0.5) is 22.7 Å². The van der Waals surface area contributed by atoms with Crippen molar-refractivity contribution in [3.8, 4) is 84.1 Å². The fourth-order valence-corrected chi connectivity index (χ4v) is 13.3. The molecule has 7 heteroatoms. The van der Waals surface area contributed by atoms with E-state index in [1.807, 2.05) is 30.5 Å². The number of pyridine rings is 1. The molecule has 0 spiro atoms. The number of fused-ring (bicyclic) bond motifs is 5. The normalized spacial score (nSPS) is 12.3. The molecule has 4 heterocycles. The predicted octanol–water partition coefficient (Wildman–Crippen LogP) is 18.4. The Hall–Kier alpha value is -10.3. The van der Waals surface area contributed by atoms with Crippen molar-refractivity contribution in [2.45, 2.75) is 13.8 Å². The zero-order valence-corrected chi connectivity index (χ0v) is 50.1. The van der Waals surface area contributed by atoms with Gasteiger partial charge in [0, 0.05) is 72.5 Å². The molecule has 16 rings (SSSR count). The van der Waals surface area contributed by atoms with Crippen molar-refractivity contribution in [3.05, 3.63) is 315 Å². The maximum Gasteiger partial charge on any atom is 0.181 e. The second-order valence-corrected chi connectivity index (χ2v) is 22.4. The first-order valence-electron chi connectivity index (χ1n) is 29.4. The molecule has 0 atom stereocenters. The molecular formula is C80H54BN4OPt-3. The van der Waals surface area contributed by atoms with E-state index in [9.17, 15) is 0 Å². The molecule has 2 aliphatic rings. The Bertz CT molecular complexity index is 4640. The summed E-state index contributed by atoms with van der Waals surface area (Å²) in [5.41, 5.74) is 25.9. The third-order valence-electron chi connectivity index (χ3n) is 17.2. The van der Waals surface area contributed by atoms with Gasteiger partial charge in [-0.05, 0) is 136 Å². The van der Waals surface area contributed by atoms with Gasteiger partial charge in [-0.3, -0.25) is 0 Å². The number of nitrogens with zero attached hydrogens (tertiary/aromatic N) is 4. The monoisotopic (exact) mass is 1290 g/mol. The van der Waals surface area contributed by atoms with E-state index in [0.717, 1.165) is 123 Å². The first-order chi connectivity index (χ1) is 42.5. The van der Waals surface area contributed by atoms with E-state index in [1.54, 1.807) is 0 Å². The Kier molecular flexibility index (Phi) is 13.7. The van der Waals surface area contributed by atoms with Gasteiger partial charge >= 0.3 is 0 Å². The van der Waals surface area contributed by atoms with Gasteiger partial charge in [-0.1, -0.05) is 222 Å². The van der Waals surface area contributed by atoms with Gasteiger partial charge in [-0.2, -0.15) is 12.1 Å². The van der Waals surface area contributed by atoms with E-state index in [2.05, 4.69) is 302 Å². The molecule has 0 fully saturated rings. The topological polar surface area (TPSA) is 33.5 Å². The maximum absolute atomic E-state index is 6.98. The van der Waals surface area contributed by atoms with E-state index in [4.69, 9.17) is 9.72 Å². The van der Waals surface area contributed by atoms with Gasteiger partial charge < -0.3 is 19.1 Å². The molecule has 2 aromatic heterocycles. The smallest absolute Gasteiger partial charge is 0.181 e. The number of aryl methyl sites for hydroxylation is 2. The Balaban J connectivity index is 0.00000638. The number of hydrogen-bond donors (Lipinski definition) is 0. The fraction of sp³-hybridized carbons (Fsp3) is 0.0250. The van der Waals surface area contributed by atoms with Crippen molar-refractivity contribution >= 4 is 67.7 Å². The molecule has 5 nitrogen and oxygen atoms in total. The molecule has 0 aliphatic carbocycles. The van der Waals surface area contributed by atoms with Gasteiger partial charge in [0.15, 0.2) is 6.71 Å². The number of para-hydroxylation sites is 3. The van der Waals surface area contributed by atoms with Gasteiger partial charge in [0.2, 0.25) is 0 Å². The van der Waals surface area contributed by atoms with Crippen molar-refractivity contribution in [1.82, 2.24) is 9.55 Å². The van der Waals surface area contributed by atoms with Crippen LogP contribution in [0.15, 0.2) is 285 Å². The van der Waals surface area contributed by atoms with Crippen molar-refractivity contribution in [3.63, 3.8) is 0 Å². The van der Waals surface area contributed by atoms with Crippen molar-refractivity contribution < 1.29 is 25.8 Å². The number of anilines is 4. The van der Waals surface area contributed by atoms with Crippen LogP contribution in [-0.4, -0.2) is 16.3 Å². The van der Waals surface area contributed by atoms with Crippen LogP contribution < -0.4 is 30.9 Å². The second kappa shape index (κ2) is 22.3. The summed E-state index contributed by atoms with van der Waals surface area (Å²) < 4.78 is 9.15. The summed E-state index contributed by atoms with van der Waals surface area (Å²) in [5, 5.41) is 2.20. The second-order valence-electron chi connectivity index (χ2n) is 22.4. The zero-order valence-electron chi connectivity index (χ0n) is 47.8. The fourth-order valence-electron chi connectivity index (χ4n) is 13.3. The SMILES string of the molecule is Cc1cccc(C)c1B1c2ccc(Oc3[c-]c4c(cc3)c3ccccc3n4-c3ccccn3)[c-]c2N2[CH-]N(c3c(-c4cc(-c5ccccc5)cc(-c5ccccc5)c4)cccc3-c3cc(-c4ccccc4)cc(-c4ccccc4)c3)c3cccc1c32.[Pt]. The Morgan fingerprint density at radius 1 is 0.402 bits per heavy atom. The summed E-state index contributed by atoms with van der Waals surface area (Å²) in [6, 6.07) is 108. The van der Waals surface area contributed by atoms with Crippen molar-refractivity contribution in [1.29, 1.82) is 0 Å². The molecule has 0 saturated heterocycles. The van der Waals surface area contributed by atoms with Crippen LogP contribution in [0.25, 0.3) is 94.4 Å². The number of aromatic nitrogens is 2. The first kappa shape index (κ1) is 53.5. The first-order valence-corrected chi connectivity index (χ1v) is 29.4. The van der Waals surface area contributed by atoms with E-state index in [0.29, 0.717) is 11.5 Å². The standard InChI is InChI=1S/C80H54BN4O.Pt/c1-53-22-19-23-54(2)78(53)81-71-42-40-66(86-65-39-41-70-69-32-15-16-36-73(69)85(75(70)50-65)77-38-17-18-43-82-77)51-76(71)84-52-83(74-37-21-35-72(81)80(74)84)79-67(63-46-59(55-24-7-3-8-25-55)44-60(47-63)56-26-9-4-10-27-56)33-20-34-68(79)64-48-61(57-28-11-5-12-29-57)45-62(49-64)58-30-13-6-14-31-58;/h3-49,52H,1-2H3;/q-3;. The number of ether oxygens (including phenoxy) is 1. The molecule has 2 aliphatic heterocycles. The molecule has 0 radical (unpaired) electrons. The van der Waals surface area contributed by atoms with Crippen LogP contribution in [-0.2, 0) is 21.1 Å². The molecule has 0 N–H and O–H groups in total. The third kappa shape index (κ3) is 9.45. The summed E-state index contributed by atoms with van der Waals surface area (Å²) in [4.78, 5) is 9.61. The molecule has 416 valence electrons. The van der Waals surface area contributed by atoms with Gasteiger partial charge in [-0.15, -0.1) is 47.5 Å². The summed E-state index contributed by atoms with van der Waals surface area (Å²) >= 11 is 0. The molecule has 0 saturated carbocycles. The van der Waals surface area contributed by atoms with E-state index < -0.39 is 0 Å². The minimum absolute atomic E-state index is 0. The third-order valence-corrected chi connectivity index (χ3v) is 17.2. The summed E-state index contributed by atoms with van der Waals surface area (Å²) in [6.45, 7) is 6.69. The molecule has 12 aromatic carbocycles. The van der Waals surface area contributed by atoms with Crippen molar-refractivity contribution in [2.75, 3.05) is 9.80 Å². The largest absolute Gasteiger partial charge is 0.509 e. The Morgan fingerprint density at radius 3 is 1.48 bits per heavy atom. The quantitative estimate of drug-likeness (QED) is 0.0955. The molecule has 0 unspecified atom stereocenters. The van der Waals surface area contributed by atoms with E-state index in [1.165, 1.54) is 22.1 Å². The summed E-state index contributed by atoms with van der Waals surface area (Å²) in [7, 11) is 0. The summed E-state index contributed by atoms with van der Waals surface area (Å²) in [5.74, 6) is 1.99. The number of hydrogen-bond acceptors (Lipinski definition) is 4. The average molecular weight is 1290 g/mol. The van der Waals surface area contributed by atoms with E-state index in [-0.39, 0.29) is 27.8 Å². The van der Waals surface area contributed by atoms with Crippen LogP contribution in [0.5, 0.6) is 11.5 Å². The van der Waals surface area contributed by atoms with Gasteiger partial charge in [0.05, 0.1) is 0 Å². The minimum atomic E-state index is -0.102. The van der Waals surface area contributed by atoms with Crippen LogP contribution in [0.1, 0.15) is 11.1 Å². The van der Waals surface area contributed by atoms with Crippen molar-refractivity contribution in [2.24, 2.45) is 0 Å². The van der Waals surface area contributed by atoms with Gasteiger partial charge in [0.25, 0.3) is 0 Å². The molecule has 14 aromatic rings. The van der Waals surface area contributed by atoms with Gasteiger partial charge in [0.1, 0.15) is 5.82 Å². The Morgan fingerprint density at radius 2 is 0.908 bits per heavy atom. The van der Waals surface area contributed by atoms with Crippen LogP contribution in [0.3, 0.4) is 0 Å². The summed E-state index contributed by atoms with van der Waals surface area (Å²) in [6.07, 6.45) is 1.83.